The van der Waals surface area contributed by atoms with E-state index < -0.39 is 0 Å². The highest BCUT2D eigenvalue weighted by Gasteiger charge is 2.25. The van der Waals surface area contributed by atoms with Crippen LogP contribution in [-0.2, 0) is 0 Å². The SMILES string of the molecule is N#Cc1ccccc1OC[C@H](c1ccccc1)N1CCC(N)CC1. The minimum atomic E-state index is 0.172. The van der Waals surface area contributed by atoms with Crippen LogP contribution >= 0.6 is 0 Å². The van der Waals surface area contributed by atoms with Gasteiger partial charge in [-0.15, -0.1) is 0 Å². The first-order valence-corrected chi connectivity index (χ1v) is 8.44. The first-order valence-electron chi connectivity index (χ1n) is 8.44. The molecule has 1 aliphatic rings. The molecule has 0 aliphatic carbocycles. The van der Waals surface area contributed by atoms with E-state index in [1.54, 1.807) is 6.07 Å². The van der Waals surface area contributed by atoms with Gasteiger partial charge in [-0.3, -0.25) is 4.90 Å². The molecule has 0 spiro atoms. The van der Waals surface area contributed by atoms with Crippen molar-refractivity contribution in [3.05, 3.63) is 65.7 Å². The molecule has 1 aliphatic heterocycles. The van der Waals surface area contributed by atoms with E-state index in [4.69, 9.17) is 10.5 Å². The molecular weight excluding hydrogens is 298 g/mol. The van der Waals surface area contributed by atoms with Crippen molar-refractivity contribution in [1.29, 1.82) is 5.26 Å². The van der Waals surface area contributed by atoms with E-state index in [1.165, 1.54) is 5.56 Å². The van der Waals surface area contributed by atoms with Gasteiger partial charge < -0.3 is 10.5 Å². The fourth-order valence-corrected chi connectivity index (χ4v) is 3.17. The quantitative estimate of drug-likeness (QED) is 0.919. The van der Waals surface area contributed by atoms with Gasteiger partial charge in [-0.25, -0.2) is 0 Å². The minimum Gasteiger partial charge on any atom is -0.490 e. The number of rotatable bonds is 5. The summed E-state index contributed by atoms with van der Waals surface area (Å²) >= 11 is 0. The van der Waals surface area contributed by atoms with Crippen LogP contribution in [0.3, 0.4) is 0 Å². The van der Waals surface area contributed by atoms with Gasteiger partial charge in [0.25, 0.3) is 0 Å². The number of likely N-dealkylation sites (tertiary alicyclic amines) is 1. The summed E-state index contributed by atoms with van der Waals surface area (Å²) in [5.74, 6) is 0.648. The van der Waals surface area contributed by atoms with Crippen LogP contribution in [-0.4, -0.2) is 30.6 Å². The Balaban J connectivity index is 1.76. The van der Waals surface area contributed by atoms with E-state index >= 15 is 0 Å². The van der Waals surface area contributed by atoms with E-state index in [2.05, 4.69) is 35.2 Å². The van der Waals surface area contributed by atoms with Crippen molar-refractivity contribution >= 4 is 0 Å². The van der Waals surface area contributed by atoms with Gasteiger partial charge in [0, 0.05) is 19.1 Å². The number of ether oxygens (including phenoxy) is 1. The van der Waals surface area contributed by atoms with Gasteiger partial charge in [-0.05, 0) is 30.5 Å². The van der Waals surface area contributed by atoms with Gasteiger partial charge in [0.05, 0.1) is 11.6 Å². The molecule has 4 heteroatoms. The van der Waals surface area contributed by atoms with Crippen LogP contribution in [0.5, 0.6) is 5.75 Å². The van der Waals surface area contributed by atoms with Crippen molar-refractivity contribution in [2.75, 3.05) is 19.7 Å². The molecule has 0 bridgehead atoms. The van der Waals surface area contributed by atoms with Crippen molar-refractivity contribution < 1.29 is 4.74 Å². The summed E-state index contributed by atoms with van der Waals surface area (Å²) in [5, 5.41) is 9.22. The van der Waals surface area contributed by atoms with Crippen molar-refractivity contribution in [3.63, 3.8) is 0 Å². The van der Waals surface area contributed by atoms with E-state index in [0.29, 0.717) is 24.0 Å². The lowest BCUT2D eigenvalue weighted by Crippen LogP contribution is -2.43. The number of nitrogens with two attached hydrogens (primary N) is 1. The highest BCUT2D eigenvalue weighted by molar-refractivity contribution is 5.42. The predicted molar refractivity (Wildman–Crippen MR) is 94.6 cm³/mol. The molecule has 24 heavy (non-hydrogen) atoms. The second-order valence-corrected chi connectivity index (χ2v) is 6.22. The number of hydrogen-bond donors (Lipinski definition) is 1. The van der Waals surface area contributed by atoms with Crippen molar-refractivity contribution in [1.82, 2.24) is 4.90 Å². The van der Waals surface area contributed by atoms with Crippen molar-refractivity contribution in [2.24, 2.45) is 5.73 Å². The van der Waals surface area contributed by atoms with Gasteiger partial charge in [0.2, 0.25) is 0 Å². The third kappa shape index (κ3) is 3.94. The highest BCUT2D eigenvalue weighted by atomic mass is 16.5. The molecule has 0 saturated carbocycles. The molecule has 1 saturated heterocycles. The van der Waals surface area contributed by atoms with Gasteiger partial charge >= 0.3 is 0 Å². The van der Waals surface area contributed by atoms with E-state index in [9.17, 15) is 5.26 Å². The van der Waals surface area contributed by atoms with Crippen LogP contribution in [0, 0.1) is 11.3 Å². The molecule has 3 rings (SSSR count). The van der Waals surface area contributed by atoms with E-state index in [0.717, 1.165) is 25.9 Å². The fraction of sp³-hybridized carbons (Fsp3) is 0.350. The van der Waals surface area contributed by atoms with Crippen LogP contribution in [0.4, 0.5) is 0 Å². The Bertz CT molecular complexity index is 688. The number of hydrogen-bond acceptors (Lipinski definition) is 4. The van der Waals surface area contributed by atoms with Crippen molar-refractivity contribution in [3.8, 4) is 11.8 Å². The average Bonchev–Trinajstić information content (AvgIpc) is 2.64. The lowest BCUT2D eigenvalue weighted by Gasteiger charge is -2.36. The molecule has 1 atom stereocenters. The monoisotopic (exact) mass is 321 g/mol. The summed E-state index contributed by atoms with van der Waals surface area (Å²) in [6, 6.07) is 20.5. The third-order valence-corrected chi connectivity index (χ3v) is 4.60. The summed E-state index contributed by atoms with van der Waals surface area (Å²) in [7, 11) is 0. The van der Waals surface area contributed by atoms with E-state index in [1.807, 2.05) is 24.3 Å². The standard InChI is InChI=1S/C20H23N3O/c21-14-17-8-4-5-9-20(17)24-15-19(16-6-2-1-3-7-16)23-12-10-18(22)11-13-23/h1-9,18-19H,10-13,15,22H2/t19-/m1/s1. The largest absolute Gasteiger partial charge is 0.490 e. The number of benzene rings is 2. The second kappa shape index (κ2) is 7.96. The summed E-state index contributed by atoms with van der Waals surface area (Å²) in [4.78, 5) is 2.44. The van der Waals surface area contributed by atoms with Gasteiger partial charge in [0.15, 0.2) is 0 Å². The predicted octanol–water partition coefficient (Wildman–Crippen LogP) is 3.10. The van der Waals surface area contributed by atoms with E-state index in [-0.39, 0.29) is 6.04 Å². The molecule has 2 aromatic carbocycles. The zero-order chi connectivity index (χ0) is 16.8. The smallest absolute Gasteiger partial charge is 0.137 e. The number of piperidine rings is 1. The normalized spacial score (nSPS) is 17.2. The zero-order valence-electron chi connectivity index (χ0n) is 13.8. The van der Waals surface area contributed by atoms with Crippen LogP contribution in [0.1, 0.15) is 30.0 Å². The molecule has 1 heterocycles. The Morgan fingerprint density at radius 1 is 1.08 bits per heavy atom. The van der Waals surface area contributed by atoms with Crippen LogP contribution in [0.25, 0.3) is 0 Å². The molecule has 4 nitrogen and oxygen atoms in total. The summed E-state index contributed by atoms with van der Waals surface area (Å²) in [5.41, 5.74) is 7.86. The Morgan fingerprint density at radius 2 is 1.75 bits per heavy atom. The molecule has 0 aromatic heterocycles. The van der Waals surface area contributed by atoms with Crippen LogP contribution in [0.2, 0.25) is 0 Å². The zero-order valence-corrected chi connectivity index (χ0v) is 13.8. The topological polar surface area (TPSA) is 62.3 Å². The Hall–Kier alpha value is -2.35. The third-order valence-electron chi connectivity index (χ3n) is 4.60. The summed E-state index contributed by atoms with van der Waals surface area (Å²) in [6.07, 6.45) is 2.02. The molecule has 2 aromatic rings. The molecule has 2 N–H and O–H groups in total. The number of nitrogens with zero attached hydrogens (tertiary/aromatic N) is 2. The molecule has 124 valence electrons. The highest BCUT2D eigenvalue weighted by Crippen LogP contribution is 2.26. The summed E-state index contributed by atoms with van der Waals surface area (Å²) in [6.45, 7) is 2.48. The maximum Gasteiger partial charge on any atom is 0.137 e. The minimum absolute atomic E-state index is 0.172. The lowest BCUT2D eigenvalue weighted by molar-refractivity contribution is 0.108. The lowest BCUT2D eigenvalue weighted by atomic mass is 10.00. The molecule has 0 amide bonds. The maximum atomic E-state index is 9.22. The van der Waals surface area contributed by atoms with Gasteiger partial charge in [-0.1, -0.05) is 42.5 Å². The maximum absolute atomic E-state index is 9.22. The Labute approximate surface area is 143 Å². The van der Waals surface area contributed by atoms with Gasteiger partial charge in [-0.2, -0.15) is 5.26 Å². The van der Waals surface area contributed by atoms with Gasteiger partial charge in [0.1, 0.15) is 18.4 Å². The fourth-order valence-electron chi connectivity index (χ4n) is 3.17. The first-order chi connectivity index (χ1) is 11.8. The molecule has 1 fully saturated rings. The first kappa shape index (κ1) is 16.5. The van der Waals surface area contributed by atoms with Crippen molar-refractivity contribution in [2.45, 2.75) is 24.9 Å². The van der Waals surface area contributed by atoms with Crippen LogP contribution < -0.4 is 10.5 Å². The average molecular weight is 321 g/mol. The molecule has 0 unspecified atom stereocenters. The number of nitriles is 1. The summed E-state index contributed by atoms with van der Waals surface area (Å²) < 4.78 is 6.03. The van der Waals surface area contributed by atoms with Crippen LogP contribution in [0.15, 0.2) is 54.6 Å². The Morgan fingerprint density at radius 3 is 2.46 bits per heavy atom. The molecule has 0 radical (unpaired) electrons. The second-order valence-electron chi connectivity index (χ2n) is 6.22. The number of para-hydroxylation sites is 1. The Kier molecular flexibility index (Phi) is 5.47. The molecular formula is C20H23N3O.